The summed E-state index contributed by atoms with van der Waals surface area (Å²) in [6.45, 7) is 3.27. The lowest BCUT2D eigenvalue weighted by Crippen LogP contribution is -2.40. The van der Waals surface area contributed by atoms with E-state index >= 15 is 0 Å². The van der Waals surface area contributed by atoms with Crippen molar-refractivity contribution in [3.05, 3.63) is 34.3 Å². The maximum absolute atomic E-state index is 6.26. The van der Waals surface area contributed by atoms with Gasteiger partial charge in [-0.1, -0.05) is 28.1 Å². The van der Waals surface area contributed by atoms with Crippen molar-refractivity contribution in [1.82, 2.24) is 4.90 Å². The van der Waals surface area contributed by atoms with Gasteiger partial charge in [0.1, 0.15) is 0 Å². The molecule has 1 fully saturated rings. The topological polar surface area (TPSA) is 38.5 Å². The third-order valence-electron chi connectivity index (χ3n) is 3.85. The van der Waals surface area contributed by atoms with Crippen molar-refractivity contribution in [1.29, 1.82) is 0 Å². The van der Waals surface area contributed by atoms with Crippen LogP contribution in [0.4, 0.5) is 0 Å². The third-order valence-corrected chi connectivity index (χ3v) is 4.38. The maximum atomic E-state index is 6.26. The van der Waals surface area contributed by atoms with Crippen LogP contribution in [-0.2, 0) is 4.74 Å². The highest BCUT2D eigenvalue weighted by Crippen LogP contribution is 2.19. The van der Waals surface area contributed by atoms with Gasteiger partial charge >= 0.3 is 0 Å². The van der Waals surface area contributed by atoms with E-state index in [2.05, 4.69) is 45.1 Å². The van der Waals surface area contributed by atoms with Gasteiger partial charge in [0, 0.05) is 30.7 Å². The maximum Gasteiger partial charge on any atom is 0.0698 e. The van der Waals surface area contributed by atoms with Crippen molar-refractivity contribution in [2.75, 3.05) is 26.7 Å². The minimum atomic E-state index is 0.121. The number of methoxy groups -OCH3 is 1. The van der Waals surface area contributed by atoms with Gasteiger partial charge in [-0.2, -0.15) is 0 Å². The Morgan fingerprint density at radius 2 is 2.16 bits per heavy atom. The number of hydrogen-bond acceptors (Lipinski definition) is 3. The van der Waals surface area contributed by atoms with Crippen molar-refractivity contribution in [2.45, 2.75) is 31.4 Å². The van der Waals surface area contributed by atoms with E-state index in [-0.39, 0.29) is 6.04 Å². The molecule has 1 aliphatic heterocycles. The summed E-state index contributed by atoms with van der Waals surface area (Å²) in [4.78, 5) is 2.47. The standard InChI is InChI=1S/C15H23BrN2O/c1-19-14-3-2-9-18(11-14)10-8-15(17)12-4-6-13(16)7-5-12/h4-7,14-15H,2-3,8-11,17H2,1H3. The second-order valence-electron chi connectivity index (χ2n) is 5.25. The van der Waals surface area contributed by atoms with Gasteiger partial charge in [0.2, 0.25) is 0 Å². The summed E-state index contributed by atoms with van der Waals surface area (Å²) in [5.74, 6) is 0. The van der Waals surface area contributed by atoms with E-state index in [9.17, 15) is 0 Å². The van der Waals surface area contributed by atoms with E-state index in [1.165, 1.54) is 24.9 Å². The van der Waals surface area contributed by atoms with E-state index in [0.717, 1.165) is 24.0 Å². The zero-order chi connectivity index (χ0) is 13.7. The first kappa shape index (κ1) is 15.0. The van der Waals surface area contributed by atoms with E-state index in [0.29, 0.717) is 6.10 Å². The molecular formula is C15H23BrN2O. The Morgan fingerprint density at radius 3 is 2.84 bits per heavy atom. The molecule has 106 valence electrons. The molecule has 0 amide bonds. The molecule has 1 aliphatic rings. The molecule has 3 nitrogen and oxygen atoms in total. The fourth-order valence-electron chi connectivity index (χ4n) is 2.61. The van der Waals surface area contributed by atoms with Gasteiger partial charge < -0.3 is 15.4 Å². The average molecular weight is 327 g/mol. The summed E-state index contributed by atoms with van der Waals surface area (Å²) in [5.41, 5.74) is 7.47. The molecule has 1 heterocycles. The van der Waals surface area contributed by atoms with Crippen LogP contribution in [0.2, 0.25) is 0 Å². The molecule has 2 atom stereocenters. The number of halogens is 1. The second-order valence-corrected chi connectivity index (χ2v) is 6.16. The lowest BCUT2D eigenvalue weighted by molar-refractivity contribution is 0.0305. The van der Waals surface area contributed by atoms with Crippen LogP contribution in [0.15, 0.2) is 28.7 Å². The second kappa shape index (κ2) is 7.39. The molecule has 19 heavy (non-hydrogen) atoms. The molecule has 0 aromatic heterocycles. The van der Waals surface area contributed by atoms with Crippen molar-refractivity contribution in [3.8, 4) is 0 Å². The van der Waals surface area contributed by atoms with Gasteiger partial charge in [-0.3, -0.25) is 0 Å². The highest BCUT2D eigenvalue weighted by molar-refractivity contribution is 9.10. The number of ether oxygens (including phenoxy) is 1. The summed E-state index contributed by atoms with van der Waals surface area (Å²) in [7, 11) is 1.81. The van der Waals surface area contributed by atoms with Gasteiger partial charge in [0.25, 0.3) is 0 Å². The molecule has 1 saturated heterocycles. The highest BCUT2D eigenvalue weighted by atomic mass is 79.9. The van der Waals surface area contributed by atoms with Crippen LogP contribution in [-0.4, -0.2) is 37.7 Å². The summed E-state index contributed by atoms with van der Waals surface area (Å²) >= 11 is 3.45. The van der Waals surface area contributed by atoms with Crippen molar-refractivity contribution in [3.63, 3.8) is 0 Å². The van der Waals surface area contributed by atoms with Gasteiger partial charge in [-0.25, -0.2) is 0 Å². The van der Waals surface area contributed by atoms with Crippen LogP contribution >= 0.6 is 15.9 Å². The molecule has 0 spiro atoms. The highest BCUT2D eigenvalue weighted by Gasteiger charge is 2.19. The zero-order valence-electron chi connectivity index (χ0n) is 11.5. The number of likely N-dealkylation sites (tertiary alicyclic amines) is 1. The van der Waals surface area contributed by atoms with Crippen LogP contribution in [0.25, 0.3) is 0 Å². The van der Waals surface area contributed by atoms with Gasteiger partial charge in [0.15, 0.2) is 0 Å². The minimum absolute atomic E-state index is 0.121. The molecule has 4 heteroatoms. The Balaban J connectivity index is 1.79. The smallest absolute Gasteiger partial charge is 0.0698 e. The van der Waals surface area contributed by atoms with Crippen molar-refractivity contribution < 1.29 is 4.74 Å². The Kier molecular flexibility index (Phi) is 5.82. The molecule has 2 rings (SSSR count). The molecule has 1 aromatic carbocycles. The van der Waals surface area contributed by atoms with Crippen LogP contribution in [0.3, 0.4) is 0 Å². The third kappa shape index (κ3) is 4.56. The molecular weight excluding hydrogens is 304 g/mol. The molecule has 0 saturated carbocycles. The fourth-order valence-corrected chi connectivity index (χ4v) is 2.87. The van der Waals surface area contributed by atoms with Crippen LogP contribution < -0.4 is 5.73 Å². The zero-order valence-corrected chi connectivity index (χ0v) is 13.1. The first-order valence-corrected chi connectivity index (χ1v) is 7.74. The first-order valence-electron chi connectivity index (χ1n) is 6.95. The first-order chi connectivity index (χ1) is 9.19. The van der Waals surface area contributed by atoms with E-state index in [1.54, 1.807) is 0 Å². The van der Waals surface area contributed by atoms with Gasteiger partial charge in [-0.05, 0) is 43.5 Å². The number of nitrogens with two attached hydrogens (primary N) is 1. The molecule has 2 unspecified atom stereocenters. The van der Waals surface area contributed by atoms with Crippen molar-refractivity contribution >= 4 is 15.9 Å². The Morgan fingerprint density at radius 1 is 1.42 bits per heavy atom. The largest absolute Gasteiger partial charge is 0.380 e. The summed E-state index contributed by atoms with van der Waals surface area (Å²) in [5, 5.41) is 0. The van der Waals surface area contributed by atoms with Gasteiger partial charge in [0.05, 0.1) is 6.10 Å². The normalized spacial score (nSPS) is 22.4. The SMILES string of the molecule is COC1CCCN(CCC(N)c2ccc(Br)cc2)C1. The van der Waals surface area contributed by atoms with E-state index in [4.69, 9.17) is 10.5 Å². The van der Waals surface area contributed by atoms with Gasteiger partial charge in [-0.15, -0.1) is 0 Å². The number of nitrogens with zero attached hydrogens (tertiary/aromatic N) is 1. The van der Waals surface area contributed by atoms with Crippen LogP contribution in [0.1, 0.15) is 30.9 Å². The predicted molar refractivity (Wildman–Crippen MR) is 82.2 cm³/mol. The summed E-state index contributed by atoms with van der Waals surface area (Å²) in [6.07, 6.45) is 3.81. The number of rotatable bonds is 5. The number of hydrogen-bond donors (Lipinski definition) is 1. The molecule has 2 N–H and O–H groups in total. The number of piperidine rings is 1. The Hall–Kier alpha value is -0.420. The molecule has 0 radical (unpaired) electrons. The summed E-state index contributed by atoms with van der Waals surface area (Å²) < 4.78 is 6.55. The molecule has 0 aliphatic carbocycles. The molecule has 0 bridgehead atoms. The number of benzene rings is 1. The quantitative estimate of drug-likeness (QED) is 0.904. The predicted octanol–water partition coefficient (Wildman–Crippen LogP) is 2.95. The Bertz CT molecular complexity index is 382. The average Bonchev–Trinajstić information content (AvgIpc) is 2.46. The lowest BCUT2D eigenvalue weighted by Gasteiger charge is -2.32. The Labute approximate surface area is 124 Å². The van der Waals surface area contributed by atoms with Crippen LogP contribution in [0, 0.1) is 0 Å². The van der Waals surface area contributed by atoms with E-state index < -0.39 is 0 Å². The summed E-state index contributed by atoms with van der Waals surface area (Å²) in [6, 6.07) is 8.43. The molecule has 1 aromatic rings. The monoisotopic (exact) mass is 326 g/mol. The van der Waals surface area contributed by atoms with Crippen molar-refractivity contribution in [2.24, 2.45) is 5.73 Å². The minimum Gasteiger partial charge on any atom is -0.380 e. The van der Waals surface area contributed by atoms with Crippen LogP contribution in [0.5, 0.6) is 0 Å². The fraction of sp³-hybridized carbons (Fsp3) is 0.600. The van der Waals surface area contributed by atoms with E-state index in [1.807, 2.05) is 7.11 Å². The lowest BCUT2D eigenvalue weighted by atomic mass is 10.0.